The molecule has 0 spiro atoms. The Hall–Kier alpha value is -4.26. The van der Waals surface area contributed by atoms with Gasteiger partial charge in [-0.15, -0.1) is 0 Å². The average Bonchev–Trinajstić information content (AvgIpc) is 3.44. The quantitative estimate of drug-likeness (QED) is 0.163. The van der Waals surface area contributed by atoms with Crippen molar-refractivity contribution in [1.29, 1.82) is 0 Å². The van der Waals surface area contributed by atoms with Gasteiger partial charge in [-0.1, -0.05) is 49.7 Å². The molecule has 0 aliphatic carbocycles. The van der Waals surface area contributed by atoms with E-state index in [1.807, 2.05) is 49.4 Å². The number of fused-ring (bicyclic) bond motifs is 1. The molecule has 39 heavy (non-hydrogen) atoms. The monoisotopic (exact) mass is 527 g/mol. The molecule has 0 aromatic heterocycles. The van der Waals surface area contributed by atoms with Crippen LogP contribution in [0, 0.1) is 0 Å². The zero-order valence-corrected chi connectivity index (χ0v) is 22.5. The highest BCUT2D eigenvalue weighted by molar-refractivity contribution is 6.46. The van der Waals surface area contributed by atoms with E-state index in [1.165, 1.54) is 4.90 Å². The van der Waals surface area contributed by atoms with Gasteiger partial charge in [0.1, 0.15) is 17.6 Å². The van der Waals surface area contributed by atoms with Crippen LogP contribution in [0.3, 0.4) is 0 Å². The van der Waals surface area contributed by atoms with Gasteiger partial charge in [0.25, 0.3) is 11.7 Å². The third-order valence-corrected chi connectivity index (χ3v) is 7.16. The Morgan fingerprint density at radius 2 is 1.85 bits per heavy atom. The number of aliphatic hydroxyl groups excluding tert-OH is 1. The molecule has 2 aliphatic heterocycles. The van der Waals surface area contributed by atoms with Crippen molar-refractivity contribution in [2.75, 3.05) is 13.7 Å². The molecule has 2 heterocycles. The molecule has 1 saturated heterocycles. The molecule has 1 amide bonds. The average molecular weight is 528 g/mol. The number of likely N-dealkylation sites (tertiary alicyclic amines) is 1. The van der Waals surface area contributed by atoms with E-state index in [2.05, 4.69) is 6.92 Å². The van der Waals surface area contributed by atoms with Gasteiger partial charge in [-0.25, -0.2) is 0 Å². The maximum Gasteiger partial charge on any atom is 0.295 e. The van der Waals surface area contributed by atoms with Crippen LogP contribution in [0.1, 0.15) is 55.0 Å². The molecule has 1 N–H and O–H groups in total. The van der Waals surface area contributed by atoms with Crippen LogP contribution in [0.4, 0.5) is 0 Å². The fraction of sp³-hybridized carbons (Fsp3) is 0.312. The number of unbranched alkanes of at least 4 members (excludes halogenated alkanes) is 1. The van der Waals surface area contributed by atoms with Gasteiger partial charge < -0.3 is 24.2 Å². The molecule has 7 nitrogen and oxygen atoms in total. The summed E-state index contributed by atoms with van der Waals surface area (Å²) < 4.78 is 17.3. The summed E-state index contributed by atoms with van der Waals surface area (Å²) in [5, 5.41) is 11.5. The Balaban J connectivity index is 1.60. The number of carbonyl (C=O) groups excluding carboxylic acids is 2. The number of ketones is 1. The summed E-state index contributed by atoms with van der Waals surface area (Å²) in [7, 11) is 1.56. The van der Waals surface area contributed by atoms with Crippen molar-refractivity contribution in [2.45, 2.75) is 51.8 Å². The molecule has 0 bridgehead atoms. The van der Waals surface area contributed by atoms with Crippen molar-refractivity contribution in [3.05, 3.63) is 94.6 Å². The van der Waals surface area contributed by atoms with E-state index < -0.39 is 17.7 Å². The first kappa shape index (κ1) is 26.4. The van der Waals surface area contributed by atoms with Crippen molar-refractivity contribution >= 4 is 17.4 Å². The number of hydrogen-bond donors (Lipinski definition) is 1. The molecule has 7 heteroatoms. The van der Waals surface area contributed by atoms with Crippen LogP contribution in [0.2, 0.25) is 0 Å². The van der Waals surface area contributed by atoms with Crippen molar-refractivity contribution < 1.29 is 28.9 Å². The second-order valence-corrected chi connectivity index (χ2v) is 9.98. The number of carbonyl (C=O) groups is 2. The summed E-state index contributed by atoms with van der Waals surface area (Å²) in [4.78, 5) is 28.4. The molecule has 5 rings (SSSR count). The SMILES string of the molecule is CCCCOc1ccc([C@@H]2/C(=C(\O)c3ccc4c(c3)C[C@@H](C)O4)C(=O)C(=O)N2Cc2ccccc2)cc1OC. The van der Waals surface area contributed by atoms with Gasteiger partial charge in [0.2, 0.25) is 0 Å². The zero-order chi connectivity index (χ0) is 27.5. The Labute approximate surface area is 228 Å². The van der Waals surface area contributed by atoms with Gasteiger partial charge in [-0.2, -0.15) is 0 Å². The van der Waals surface area contributed by atoms with Gasteiger partial charge in [0, 0.05) is 18.5 Å². The molecule has 1 fully saturated rings. The summed E-state index contributed by atoms with van der Waals surface area (Å²) in [6.45, 7) is 4.84. The largest absolute Gasteiger partial charge is 0.507 e. The summed E-state index contributed by atoms with van der Waals surface area (Å²) in [5.74, 6) is 0.258. The lowest BCUT2D eigenvalue weighted by molar-refractivity contribution is -0.140. The molecule has 2 atom stereocenters. The third-order valence-electron chi connectivity index (χ3n) is 7.16. The highest BCUT2D eigenvalue weighted by Gasteiger charge is 2.46. The highest BCUT2D eigenvalue weighted by atomic mass is 16.5. The summed E-state index contributed by atoms with van der Waals surface area (Å²) >= 11 is 0. The van der Waals surface area contributed by atoms with Crippen LogP contribution >= 0.6 is 0 Å². The van der Waals surface area contributed by atoms with E-state index in [0.717, 1.165) is 29.7 Å². The van der Waals surface area contributed by atoms with Gasteiger partial charge in [0.15, 0.2) is 11.5 Å². The molecule has 3 aromatic rings. The predicted molar refractivity (Wildman–Crippen MR) is 148 cm³/mol. The fourth-order valence-corrected chi connectivity index (χ4v) is 5.19. The smallest absolute Gasteiger partial charge is 0.295 e. The topological polar surface area (TPSA) is 85.3 Å². The molecule has 202 valence electrons. The predicted octanol–water partition coefficient (Wildman–Crippen LogP) is 5.82. The first-order valence-corrected chi connectivity index (χ1v) is 13.3. The van der Waals surface area contributed by atoms with Gasteiger partial charge in [-0.3, -0.25) is 9.59 Å². The van der Waals surface area contributed by atoms with Crippen molar-refractivity contribution in [2.24, 2.45) is 0 Å². The minimum atomic E-state index is -0.813. The first-order valence-electron chi connectivity index (χ1n) is 13.3. The molecular formula is C32H33NO6. The number of benzene rings is 3. The minimum absolute atomic E-state index is 0.0411. The van der Waals surface area contributed by atoms with Crippen LogP contribution in [-0.2, 0) is 22.6 Å². The van der Waals surface area contributed by atoms with Gasteiger partial charge in [-0.05, 0) is 60.4 Å². The Kier molecular flexibility index (Phi) is 7.59. The summed E-state index contributed by atoms with van der Waals surface area (Å²) in [5.41, 5.74) is 2.99. The summed E-state index contributed by atoms with van der Waals surface area (Å²) in [6, 6.07) is 19.4. The van der Waals surface area contributed by atoms with Crippen LogP contribution in [-0.4, -0.2) is 41.5 Å². The Bertz CT molecular complexity index is 1410. The van der Waals surface area contributed by atoms with Crippen LogP contribution < -0.4 is 14.2 Å². The first-order chi connectivity index (χ1) is 18.9. The minimum Gasteiger partial charge on any atom is -0.507 e. The maximum absolute atomic E-state index is 13.5. The second-order valence-electron chi connectivity index (χ2n) is 9.98. The van der Waals surface area contributed by atoms with Crippen molar-refractivity contribution in [3.63, 3.8) is 0 Å². The highest BCUT2D eigenvalue weighted by Crippen LogP contribution is 2.43. The standard InChI is InChI=1S/C32H33NO6/c1-4-5-15-38-26-14-11-22(18-27(26)37-3)29-28(30(34)23-12-13-25-24(17-23)16-20(2)39-25)31(35)32(36)33(29)19-21-9-7-6-8-10-21/h6-14,17-18,20,29,34H,4-5,15-16,19H2,1-3H3/b30-28+/t20-,29-/m1/s1. The number of Topliss-reactive ketones (excluding diaryl/α,β-unsaturated/α-hetero) is 1. The van der Waals surface area contributed by atoms with E-state index >= 15 is 0 Å². The Morgan fingerprint density at radius 3 is 2.59 bits per heavy atom. The second kappa shape index (κ2) is 11.2. The number of ether oxygens (including phenoxy) is 3. The molecule has 3 aromatic carbocycles. The molecule has 0 radical (unpaired) electrons. The normalized spacial score (nSPS) is 19.6. The van der Waals surface area contributed by atoms with Crippen LogP contribution in [0.5, 0.6) is 17.2 Å². The summed E-state index contributed by atoms with van der Waals surface area (Å²) in [6.07, 6.45) is 2.66. The Morgan fingerprint density at radius 1 is 1.05 bits per heavy atom. The van der Waals surface area contributed by atoms with Gasteiger partial charge >= 0.3 is 0 Å². The van der Waals surface area contributed by atoms with Crippen LogP contribution in [0.15, 0.2) is 72.3 Å². The van der Waals surface area contributed by atoms with E-state index in [1.54, 1.807) is 31.4 Å². The van der Waals surface area contributed by atoms with Crippen molar-refractivity contribution in [3.8, 4) is 17.2 Å². The van der Waals surface area contributed by atoms with Gasteiger partial charge in [0.05, 0.1) is 25.3 Å². The van der Waals surface area contributed by atoms with E-state index in [0.29, 0.717) is 35.7 Å². The number of aliphatic hydroxyl groups is 1. The van der Waals surface area contributed by atoms with Crippen molar-refractivity contribution in [1.82, 2.24) is 4.90 Å². The molecule has 0 unspecified atom stereocenters. The molecule has 2 aliphatic rings. The lowest BCUT2D eigenvalue weighted by Crippen LogP contribution is -2.29. The molecule has 0 saturated carbocycles. The lowest BCUT2D eigenvalue weighted by atomic mass is 9.94. The number of amides is 1. The van der Waals surface area contributed by atoms with Crippen LogP contribution in [0.25, 0.3) is 5.76 Å². The lowest BCUT2D eigenvalue weighted by Gasteiger charge is -2.26. The number of nitrogens with zero attached hydrogens (tertiary/aromatic N) is 1. The number of rotatable bonds is 9. The number of hydrogen-bond acceptors (Lipinski definition) is 6. The maximum atomic E-state index is 13.5. The third kappa shape index (κ3) is 5.21. The van der Waals surface area contributed by atoms with E-state index in [-0.39, 0.29) is 24.0 Å². The zero-order valence-electron chi connectivity index (χ0n) is 22.5. The fourth-order valence-electron chi connectivity index (χ4n) is 5.19. The molecular weight excluding hydrogens is 494 g/mol. The van der Waals surface area contributed by atoms with E-state index in [9.17, 15) is 14.7 Å². The van der Waals surface area contributed by atoms with E-state index in [4.69, 9.17) is 14.2 Å². The number of methoxy groups -OCH3 is 1.